The average molecular weight is 557 g/mol. The van der Waals surface area contributed by atoms with Gasteiger partial charge in [0.1, 0.15) is 5.75 Å². The van der Waals surface area contributed by atoms with Gasteiger partial charge in [0.05, 0.1) is 6.54 Å². The molecule has 0 saturated carbocycles. The highest BCUT2D eigenvalue weighted by molar-refractivity contribution is 7.97. The van der Waals surface area contributed by atoms with Crippen LogP contribution in [0.3, 0.4) is 0 Å². The predicted octanol–water partition coefficient (Wildman–Crippen LogP) is 3.70. The van der Waals surface area contributed by atoms with Gasteiger partial charge in [0.25, 0.3) is 5.91 Å². The number of likely N-dealkylation sites (tertiary alicyclic amines) is 1. The number of nitrogens with one attached hydrogen (secondary N) is 1. The minimum absolute atomic E-state index is 0.0485. The molecular formula is C24H27ClF2N4O5S. The first-order valence-electron chi connectivity index (χ1n) is 11.5. The van der Waals surface area contributed by atoms with Crippen LogP contribution in [0.15, 0.2) is 41.3 Å². The Balaban J connectivity index is 1.66. The quantitative estimate of drug-likeness (QED) is 0.210. The summed E-state index contributed by atoms with van der Waals surface area (Å²) in [5.74, 6) is -4.39. The minimum Gasteiger partial charge on any atom is -0.451 e. The van der Waals surface area contributed by atoms with Crippen LogP contribution < -0.4 is 10.2 Å². The van der Waals surface area contributed by atoms with Crippen LogP contribution in [0.1, 0.15) is 19.3 Å². The van der Waals surface area contributed by atoms with E-state index < -0.39 is 35.1 Å². The second-order valence-electron chi connectivity index (χ2n) is 8.34. The summed E-state index contributed by atoms with van der Waals surface area (Å²) in [6.45, 7) is 0.820. The van der Waals surface area contributed by atoms with Gasteiger partial charge in [-0.1, -0.05) is 11.6 Å². The third-order valence-corrected chi connectivity index (χ3v) is 6.81. The Bertz CT molecular complexity index is 1100. The molecule has 0 aliphatic carbocycles. The van der Waals surface area contributed by atoms with Gasteiger partial charge >= 0.3 is 11.8 Å². The lowest BCUT2D eigenvalue weighted by Crippen LogP contribution is -2.47. The smallest absolute Gasteiger partial charge is 0.312 e. The molecule has 0 spiro atoms. The molecule has 200 valence electrons. The first-order chi connectivity index (χ1) is 17.7. The maximum absolute atomic E-state index is 14.7. The lowest BCUT2D eigenvalue weighted by Gasteiger charge is -2.29. The van der Waals surface area contributed by atoms with E-state index in [1.54, 1.807) is 0 Å². The van der Waals surface area contributed by atoms with Gasteiger partial charge in [-0.25, -0.2) is 18.6 Å². The predicted molar refractivity (Wildman–Crippen MR) is 133 cm³/mol. The fraction of sp³-hybridized carbons (Fsp3) is 0.375. The molecule has 0 atom stereocenters. The van der Waals surface area contributed by atoms with E-state index in [4.69, 9.17) is 21.5 Å². The number of halogens is 3. The lowest BCUT2D eigenvalue weighted by atomic mass is 10.1. The van der Waals surface area contributed by atoms with Crippen LogP contribution in [-0.4, -0.2) is 76.8 Å². The van der Waals surface area contributed by atoms with Crippen LogP contribution in [0, 0.1) is 11.6 Å². The summed E-state index contributed by atoms with van der Waals surface area (Å²) >= 11 is 6.65. The zero-order chi connectivity index (χ0) is 26.9. The van der Waals surface area contributed by atoms with Crippen molar-refractivity contribution in [3.05, 3.63) is 53.1 Å². The number of carbonyl (C=O) groups excluding carboxylic acids is 3. The number of rotatable bonds is 9. The summed E-state index contributed by atoms with van der Waals surface area (Å²) in [6.07, 6.45) is 2.71. The maximum Gasteiger partial charge on any atom is 0.312 e. The minimum atomic E-state index is -0.969. The first kappa shape index (κ1) is 28.6. The van der Waals surface area contributed by atoms with Crippen LogP contribution in [-0.2, 0) is 14.4 Å². The molecule has 1 fully saturated rings. The molecule has 3 amide bonds. The topological polar surface area (TPSA) is 102 Å². The summed E-state index contributed by atoms with van der Waals surface area (Å²) in [6, 6.07) is 8.04. The van der Waals surface area contributed by atoms with E-state index >= 15 is 0 Å². The second-order valence-corrected chi connectivity index (χ2v) is 9.95. The standard InChI is InChI=1S/C24H27ClF2N4O5S/c1-29(23(33)24(34)30-9-3-2-4-10-30)11-12-31(15-21(32)28-35)37-18-13-19(26)22(20(27)14-18)36-17-7-5-16(25)6-8-17/h5-8,13-14,35H,2-4,9-12,15H2,1H3,(H,28,32). The molecular weight excluding hydrogens is 530 g/mol. The number of likely N-dealkylation sites (N-methyl/N-ethyl adjacent to an activating group) is 1. The molecule has 1 saturated heterocycles. The number of hydrogen-bond acceptors (Lipinski definition) is 7. The molecule has 2 aromatic carbocycles. The van der Waals surface area contributed by atoms with Crippen molar-refractivity contribution < 1.29 is 33.1 Å². The normalized spacial score (nSPS) is 13.4. The number of amides is 3. The van der Waals surface area contributed by atoms with Crippen molar-refractivity contribution in [3.63, 3.8) is 0 Å². The number of hydrogen-bond donors (Lipinski definition) is 2. The molecule has 0 aromatic heterocycles. The highest BCUT2D eigenvalue weighted by Crippen LogP contribution is 2.33. The Morgan fingerprint density at radius 2 is 1.70 bits per heavy atom. The molecule has 2 N–H and O–H groups in total. The Hall–Kier alpha value is -2.93. The van der Waals surface area contributed by atoms with Gasteiger partial charge in [-0.2, -0.15) is 0 Å². The van der Waals surface area contributed by atoms with Crippen LogP contribution in [0.25, 0.3) is 0 Å². The van der Waals surface area contributed by atoms with E-state index in [0.29, 0.717) is 18.1 Å². The van der Waals surface area contributed by atoms with E-state index in [-0.39, 0.29) is 30.3 Å². The monoisotopic (exact) mass is 556 g/mol. The SMILES string of the molecule is CN(CCN(CC(=O)NO)Sc1cc(F)c(Oc2ccc(Cl)cc2)c(F)c1)C(=O)C(=O)N1CCCCC1. The molecule has 13 heteroatoms. The third kappa shape index (κ3) is 8.29. The fourth-order valence-corrected chi connectivity index (χ4v) is 4.66. The highest BCUT2D eigenvalue weighted by atomic mass is 35.5. The van der Waals surface area contributed by atoms with E-state index in [9.17, 15) is 23.2 Å². The molecule has 0 radical (unpaired) electrons. The highest BCUT2D eigenvalue weighted by Gasteiger charge is 2.27. The van der Waals surface area contributed by atoms with Gasteiger partial charge in [0, 0.05) is 43.1 Å². The van der Waals surface area contributed by atoms with Crippen LogP contribution in [0.4, 0.5) is 8.78 Å². The molecule has 9 nitrogen and oxygen atoms in total. The van der Waals surface area contributed by atoms with Crippen molar-refractivity contribution in [2.45, 2.75) is 24.2 Å². The zero-order valence-corrected chi connectivity index (χ0v) is 21.7. The van der Waals surface area contributed by atoms with Crippen molar-refractivity contribution >= 4 is 41.3 Å². The van der Waals surface area contributed by atoms with Gasteiger partial charge in [-0.15, -0.1) is 0 Å². The maximum atomic E-state index is 14.7. The van der Waals surface area contributed by atoms with Crippen LogP contribution >= 0.6 is 23.5 Å². The molecule has 3 rings (SSSR count). The fourth-order valence-electron chi connectivity index (χ4n) is 3.57. The molecule has 37 heavy (non-hydrogen) atoms. The second kappa shape index (κ2) is 13.6. The summed E-state index contributed by atoms with van der Waals surface area (Å²) in [5.41, 5.74) is 1.50. The molecule has 1 aliphatic heterocycles. The number of piperidine rings is 1. The lowest BCUT2D eigenvalue weighted by molar-refractivity contribution is -0.151. The van der Waals surface area contributed by atoms with Crippen molar-refractivity contribution in [2.24, 2.45) is 0 Å². The third-order valence-electron chi connectivity index (χ3n) is 5.54. The summed E-state index contributed by atoms with van der Waals surface area (Å²) < 4.78 is 36.1. The average Bonchev–Trinajstić information content (AvgIpc) is 2.89. The summed E-state index contributed by atoms with van der Waals surface area (Å²) in [7, 11) is 1.46. The number of ether oxygens (including phenoxy) is 1. The van der Waals surface area contributed by atoms with E-state index in [0.717, 1.165) is 43.3 Å². The van der Waals surface area contributed by atoms with Gasteiger partial charge in [0.2, 0.25) is 0 Å². The molecule has 0 unspecified atom stereocenters. The Morgan fingerprint density at radius 3 is 2.30 bits per heavy atom. The van der Waals surface area contributed by atoms with Crippen LogP contribution in [0.2, 0.25) is 5.02 Å². The van der Waals surface area contributed by atoms with E-state index in [1.807, 2.05) is 0 Å². The Morgan fingerprint density at radius 1 is 1.08 bits per heavy atom. The number of carbonyl (C=O) groups is 3. The summed E-state index contributed by atoms with van der Waals surface area (Å²) in [5, 5.41) is 9.36. The largest absolute Gasteiger partial charge is 0.451 e. The zero-order valence-electron chi connectivity index (χ0n) is 20.1. The van der Waals surface area contributed by atoms with Gasteiger partial charge in [-0.3, -0.25) is 19.6 Å². The van der Waals surface area contributed by atoms with Crippen molar-refractivity contribution in [1.29, 1.82) is 0 Å². The number of hydroxylamine groups is 1. The van der Waals surface area contributed by atoms with Crippen molar-refractivity contribution in [3.8, 4) is 11.5 Å². The Labute approximate surface area is 222 Å². The molecule has 1 aliphatic rings. The molecule has 1 heterocycles. The molecule has 2 aromatic rings. The first-order valence-corrected chi connectivity index (χ1v) is 12.7. The van der Waals surface area contributed by atoms with Gasteiger partial charge in [0.15, 0.2) is 17.4 Å². The number of nitrogens with zero attached hydrogens (tertiary/aromatic N) is 3. The van der Waals surface area contributed by atoms with E-state index in [2.05, 4.69) is 0 Å². The van der Waals surface area contributed by atoms with Crippen molar-refractivity contribution in [2.75, 3.05) is 39.8 Å². The number of benzene rings is 2. The van der Waals surface area contributed by atoms with Gasteiger partial charge < -0.3 is 14.5 Å². The summed E-state index contributed by atoms with van der Waals surface area (Å²) in [4.78, 5) is 39.7. The van der Waals surface area contributed by atoms with Gasteiger partial charge in [-0.05, 0) is 67.6 Å². The van der Waals surface area contributed by atoms with Crippen molar-refractivity contribution in [1.82, 2.24) is 19.6 Å². The van der Waals surface area contributed by atoms with Crippen LogP contribution in [0.5, 0.6) is 11.5 Å². The molecule has 0 bridgehead atoms. The Kier molecular flexibility index (Phi) is 10.5. The van der Waals surface area contributed by atoms with E-state index in [1.165, 1.54) is 50.9 Å².